The Kier molecular flexibility index (Phi) is 6.81. The molecule has 0 radical (unpaired) electrons. The van der Waals surface area contributed by atoms with E-state index in [1.807, 2.05) is 0 Å². The average molecular weight is 491 g/mol. The van der Waals surface area contributed by atoms with E-state index in [0.29, 0.717) is 28.0 Å². The Bertz CT molecular complexity index is 1160. The highest BCUT2D eigenvalue weighted by molar-refractivity contribution is 9.10. The molecule has 0 unspecified atom stereocenters. The van der Waals surface area contributed by atoms with Crippen LogP contribution in [-0.4, -0.2) is 43.5 Å². The van der Waals surface area contributed by atoms with Gasteiger partial charge in [0.1, 0.15) is 0 Å². The number of rotatable bonds is 8. The lowest BCUT2D eigenvalue weighted by Gasteiger charge is -2.15. The van der Waals surface area contributed by atoms with Gasteiger partial charge in [0.25, 0.3) is 0 Å². The highest BCUT2D eigenvalue weighted by Crippen LogP contribution is 2.33. The lowest BCUT2D eigenvalue weighted by molar-refractivity contribution is -0.144. The second kappa shape index (κ2) is 9.52. The smallest absolute Gasteiger partial charge is 0.344 e. The number of fused-ring (bicyclic) bond motifs is 1. The number of carboxylic acids is 1. The normalized spacial score (nSPS) is 12.0. The van der Waals surface area contributed by atoms with Crippen molar-refractivity contribution in [1.82, 2.24) is 5.43 Å². The molecule has 162 valence electrons. The molecule has 1 atom stereocenters. The van der Waals surface area contributed by atoms with E-state index in [-0.39, 0.29) is 11.5 Å². The van der Waals surface area contributed by atoms with Gasteiger partial charge < -0.3 is 23.7 Å². The van der Waals surface area contributed by atoms with Crippen LogP contribution in [0.1, 0.15) is 23.0 Å². The Labute approximate surface area is 185 Å². The fraction of sp³-hybridized carbons (Fsp3) is 0.190. The molecule has 0 aliphatic carbocycles. The van der Waals surface area contributed by atoms with E-state index in [2.05, 4.69) is 26.5 Å². The number of hydrogen-bond donors (Lipinski definition) is 2. The monoisotopic (exact) mass is 490 g/mol. The maximum absolute atomic E-state index is 12.5. The van der Waals surface area contributed by atoms with E-state index >= 15 is 0 Å². The first-order chi connectivity index (χ1) is 14.8. The van der Waals surface area contributed by atoms with Gasteiger partial charge in [-0.15, -0.1) is 0 Å². The highest BCUT2D eigenvalue weighted by Gasteiger charge is 2.18. The van der Waals surface area contributed by atoms with Crippen LogP contribution in [0.5, 0.6) is 17.2 Å². The Hall–Kier alpha value is -3.53. The van der Waals surface area contributed by atoms with Crippen LogP contribution >= 0.6 is 15.9 Å². The molecule has 1 aromatic heterocycles. The molecule has 2 aromatic carbocycles. The van der Waals surface area contributed by atoms with Crippen LogP contribution in [0.2, 0.25) is 0 Å². The van der Waals surface area contributed by atoms with Crippen molar-refractivity contribution in [2.24, 2.45) is 5.10 Å². The SMILES string of the molecule is COc1cccc(/C=N\NC(=O)c2cc3cc(Br)cc(OC)c3o2)c1O[C@H](C)C(=O)O. The van der Waals surface area contributed by atoms with Gasteiger partial charge in [-0.05, 0) is 37.3 Å². The van der Waals surface area contributed by atoms with Crippen LogP contribution in [-0.2, 0) is 4.79 Å². The first-order valence-corrected chi connectivity index (χ1v) is 9.80. The maximum Gasteiger partial charge on any atom is 0.344 e. The van der Waals surface area contributed by atoms with Crippen molar-refractivity contribution in [3.8, 4) is 17.2 Å². The minimum atomic E-state index is -1.13. The second-order valence-corrected chi connectivity index (χ2v) is 7.23. The number of nitrogens with one attached hydrogen (secondary N) is 1. The predicted molar refractivity (Wildman–Crippen MR) is 116 cm³/mol. The first kappa shape index (κ1) is 22.2. The van der Waals surface area contributed by atoms with Crippen LogP contribution in [0.25, 0.3) is 11.0 Å². The van der Waals surface area contributed by atoms with E-state index in [1.165, 1.54) is 27.4 Å². The molecule has 0 aliphatic heterocycles. The lowest BCUT2D eigenvalue weighted by Crippen LogP contribution is -2.23. The van der Waals surface area contributed by atoms with Crippen molar-refractivity contribution in [2.45, 2.75) is 13.0 Å². The minimum Gasteiger partial charge on any atom is -0.493 e. The van der Waals surface area contributed by atoms with Crippen LogP contribution in [0, 0.1) is 0 Å². The van der Waals surface area contributed by atoms with Gasteiger partial charge in [-0.25, -0.2) is 10.2 Å². The number of halogens is 1. The second-order valence-electron chi connectivity index (χ2n) is 6.31. The average Bonchev–Trinajstić information content (AvgIpc) is 3.17. The summed E-state index contributed by atoms with van der Waals surface area (Å²) in [7, 11) is 2.94. The fourth-order valence-electron chi connectivity index (χ4n) is 2.71. The van der Waals surface area contributed by atoms with Crippen molar-refractivity contribution in [1.29, 1.82) is 0 Å². The van der Waals surface area contributed by atoms with Crippen LogP contribution in [0.3, 0.4) is 0 Å². The molecule has 2 N–H and O–H groups in total. The van der Waals surface area contributed by atoms with Gasteiger partial charge in [0.05, 0.1) is 20.4 Å². The third kappa shape index (κ3) is 4.97. The van der Waals surface area contributed by atoms with Gasteiger partial charge in [-0.1, -0.05) is 22.0 Å². The summed E-state index contributed by atoms with van der Waals surface area (Å²) in [6, 6.07) is 10.1. The van der Waals surface area contributed by atoms with Crippen molar-refractivity contribution < 1.29 is 33.3 Å². The number of aliphatic carboxylic acids is 1. The van der Waals surface area contributed by atoms with E-state index in [9.17, 15) is 9.59 Å². The standard InChI is InChI=1S/C21H19BrN2O7/c1-11(21(26)27)30-18-12(5-4-6-15(18)28-2)10-23-24-20(25)17-8-13-7-14(22)9-16(29-3)19(13)31-17/h4-11H,1-3H3,(H,24,25)(H,26,27)/b23-10-/t11-/m1/s1. The Balaban J connectivity index is 1.81. The largest absolute Gasteiger partial charge is 0.493 e. The number of ether oxygens (including phenoxy) is 3. The zero-order valence-corrected chi connectivity index (χ0v) is 18.4. The molecule has 3 aromatic rings. The van der Waals surface area contributed by atoms with Crippen LogP contribution < -0.4 is 19.6 Å². The molecule has 0 spiro atoms. The van der Waals surface area contributed by atoms with Gasteiger partial charge in [-0.2, -0.15) is 5.10 Å². The van der Waals surface area contributed by atoms with Gasteiger partial charge >= 0.3 is 11.9 Å². The number of carbonyl (C=O) groups is 2. The molecule has 0 aliphatic rings. The van der Waals surface area contributed by atoms with Crippen molar-refractivity contribution in [3.63, 3.8) is 0 Å². The highest BCUT2D eigenvalue weighted by atomic mass is 79.9. The summed E-state index contributed by atoms with van der Waals surface area (Å²) in [5.41, 5.74) is 3.23. The van der Waals surface area contributed by atoms with E-state index in [0.717, 1.165) is 4.47 Å². The number of carboxylic acid groups (broad SMARTS) is 1. The number of hydrogen-bond acceptors (Lipinski definition) is 7. The molecule has 10 heteroatoms. The summed E-state index contributed by atoms with van der Waals surface area (Å²) in [5.74, 6) is -0.652. The van der Waals surface area contributed by atoms with E-state index in [4.69, 9.17) is 23.7 Å². The summed E-state index contributed by atoms with van der Waals surface area (Å²) in [6.07, 6.45) is 0.215. The number of nitrogens with zero attached hydrogens (tertiary/aromatic N) is 1. The summed E-state index contributed by atoms with van der Waals surface area (Å²) in [4.78, 5) is 23.6. The van der Waals surface area contributed by atoms with Crippen molar-refractivity contribution >= 4 is 45.0 Å². The summed E-state index contributed by atoms with van der Waals surface area (Å²) in [6.45, 7) is 1.39. The molecule has 0 fully saturated rings. The third-order valence-electron chi connectivity index (χ3n) is 4.23. The van der Waals surface area contributed by atoms with Crippen LogP contribution in [0.15, 0.2) is 50.4 Å². The number of furan rings is 1. The molecule has 0 bridgehead atoms. The zero-order chi connectivity index (χ0) is 22.5. The molecule has 3 rings (SSSR count). The number of benzene rings is 2. The fourth-order valence-corrected chi connectivity index (χ4v) is 3.17. The van der Waals surface area contributed by atoms with E-state index < -0.39 is 18.0 Å². The van der Waals surface area contributed by atoms with Gasteiger partial charge in [0, 0.05) is 15.4 Å². The number of amides is 1. The van der Waals surface area contributed by atoms with Crippen molar-refractivity contribution in [2.75, 3.05) is 14.2 Å². The quantitative estimate of drug-likeness (QED) is 0.363. The summed E-state index contributed by atoms with van der Waals surface area (Å²) < 4.78 is 22.4. The molecular weight excluding hydrogens is 472 g/mol. The van der Waals surface area contributed by atoms with Gasteiger partial charge in [0.2, 0.25) is 0 Å². The molecule has 1 amide bonds. The van der Waals surface area contributed by atoms with Gasteiger partial charge in [0.15, 0.2) is 34.7 Å². The maximum atomic E-state index is 12.5. The molecule has 0 saturated heterocycles. The molecule has 1 heterocycles. The van der Waals surface area contributed by atoms with E-state index in [1.54, 1.807) is 36.4 Å². The molecule has 9 nitrogen and oxygen atoms in total. The topological polar surface area (TPSA) is 120 Å². The number of carbonyl (C=O) groups excluding carboxylic acids is 1. The Morgan fingerprint density at radius 3 is 2.61 bits per heavy atom. The number of para-hydroxylation sites is 1. The van der Waals surface area contributed by atoms with Gasteiger partial charge in [-0.3, -0.25) is 4.79 Å². The first-order valence-electron chi connectivity index (χ1n) is 9.01. The molecule has 0 saturated carbocycles. The number of hydrazone groups is 1. The third-order valence-corrected chi connectivity index (χ3v) is 4.69. The molecule has 31 heavy (non-hydrogen) atoms. The minimum absolute atomic E-state index is 0.0464. The summed E-state index contributed by atoms with van der Waals surface area (Å²) in [5, 5.41) is 13.7. The Morgan fingerprint density at radius 2 is 1.94 bits per heavy atom. The predicted octanol–water partition coefficient (Wildman–Crippen LogP) is 3.83. The Morgan fingerprint density at radius 1 is 1.19 bits per heavy atom. The number of methoxy groups -OCH3 is 2. The summed E-state index contributed by atoms with van der Waals surface area (Å²) >= 11 is 3.38. The lowest BCUT2D eigenvalue weighted by atomic mass is 10.2. The van der Waals surface area contributed by atoms with Crippen molar-refractivity contribution in [3.05, 3.63) is 52.2 Å². The van der Waals surface area contributed by atoms with Crippen LogP contribution in [0.4, 0.5) is 0 Å². The zero-order valence-electron chi connectivity index (χ0n) is 16.8. The molecular formula is C21H19BrN2O7.